The molecule has 126 valence electrons. The molecule has 0 spiro atoms. The maximum atomic E-state index is 11.0. The van der Waals surface area contributed by atoms with Gasteiger partial charge in [0.2, 0.25) is 0 Å². The summed E-state index contributed by atoms with van der Waals surface area (Å²) >= 11 is 0. The Kier molecular flexibility index (Phi) is 11.7. The molecule has 0 aromatic carbocycles. The molecule has 7 heteroatoms. The predicted octanol–water partition coefficient (Wildman–Crippen LogP) is 1.70. The molecule has 0 aromatic rings. The normalized spacial score (nSPS) is 10.0. The molecule has 0 unspecified atom stereocenters. The van der Waals surface area contributed by atoms with Gasteiger partial charge in [-0.25, -0.2) is 4.79 Å². The van der Waals surface area contributed by atoms with Gasteiger partial charge in [-0.1, -0.05) is 13.0 Å². The average Bonchev–Trinajstić information content (AvgIpc) is 2.43. The van der Waals surface area contributed by atoms with Crippen LogP contribution in [0.3, 0.4) is 0 Å². The first kappa shape index (κ1) is 20.1. The molecule has 0 atom stereocenters. The number of ether oxygens (including phenoxy) is 3. The quantitative estimate of drug-likeness (QED) is 0.239. The van der Waals surface area contributed by atoms with Crippen LogP contribution in [0.15, 0.2) is 12.2 Å². The third kappa shape index (κ3) is 13.1. The van der Waals surface area contributed by atoms with Crippen LogP contribution in [0.5, 0.6) is 0 Å². The van der Waals surface area contributed by atoms with E-state index < -0.39 is 24.3 Å². The lowest BCUT2D eigenvalue weighted by Crippen LogP contribution is -2.11. The monoisotopic (exact) mass is 316 g/mol. The molecule has 0 bridgehead atoms. The van der Waals surface area contributed by atoms with Crippen LogP contribution < -0.4 is 0 Å². The second kappa shape index (κ2) is 12.8. The van der Waals surface area contributed by atoms with Crippen LogP contribution in [-0.4, -0.2) is 49.4 Å². The maximum absolute atomic E-state index is 11.0. The molecular weight excluding hydrogens is 292 g/mol. The fourth-order valence-electron chi connectivity index (χ4n) is 1.44. The Morgan fingerprint density at radius 3 is 2.14 bits per heavy atom. The zero-order chi connectivity index (χ0) is 16.8. The first-order valence-electron chi connectivity index (χ1n) is 7.21. The number of hydrogen-bond donors (Lipinski definition) is 1. The van der Waals surface area contributed by atoms with Gasteiger partial charge in [0, 0.05) is 12.2 Å². The highest BCUT2D eigenvalue weighted by Gasteiger charge is 2.07. The Bertz CT molecular complexity index is 376. The van der Waals surface area contributed by atoms with Crippen molar-refractivity contribution in [2.24, 2.45) is 0 Å². The smallest absolute Gasteiger partial charge is 0.333 e. The number of unbranched alkanes of at least 4 members (excludes halogenated alkanes) is 3. The van der Waals surface area contributed by atoms with Crippen LogP contribution in [0.4, 0.5) is 0 Å². The van der Waals surface area contributed by atoms with E-state index in [0.717, 1.165) is 19.3 Å². The van der Waals surface area contributed by atoms with E-state index in [-0.39, 0.29) is 13.2 Å². The van der Waals surface area contributed by atoms with Gasteiger partial charge in [0.25, 0.3) is 0 Å². The van der Waals surface area contributed by atoms with Crippen LogP contribution in [0.25, 0.3) is 0 Å². The van der Waals surface area contributed by atoms with Crippen LogP contribution in [0, 0.1) is 0 Å². The van der Waals surface area contributed by atoms with E-state index in [2.05, 4.69) is 6.58 Å². The molecular formula is C15H24O7. The molecule has 0 saturated heterocycles. The molecule has 22 heavy (non-hydrogen) atoms. The van der Waals surface area contributed by atoms with Gasteiger partial charge in [0.1, 0.15) is 13.0 Å². The van der Waals surface area contributed by atoms with Crippen molar-refractivity contribution in [2.75, 3.05) is 26.4 Å². The standard InChI is InChI=1S/C15H24O7/c1-12(2)15(19)22-10-9-20-7-5-3-4-6-8-21-14(18)11-13(16)17/h1,3-11H2,2H3,(H,16,17). The summed E-state index contributed by atoms with van der Waals surface area (Å²) in [4.78, 5) is 32.2. The molecule has 0 radical (unpaired) electrons. The summed E-state index contributed by atoms with van der Waals surface area (Å²) in [6.07, 6.45) is 2.75. The summed E-state index contributed by atoms with van der Waals surface area (Å²) in [5, 5.41) is 8.36. The Labute approximate surface area is 130 Å². The number of carboxylic acids is 1. The van der Waals surface area contributed by atoms with Gasteiger partial charge in [-0.05, 0) is 26.2 Å². The van der Waals surface area contributed by atoms with Crippen LogP contribution in [-0.2, 0) is 28.6 Å². The molecule has 0 aliphatic rings. The van der Waals surface area contributed by atoms with Crippen molar-refractivity contribution < 1.29 is 33.7 Å². The maximum Gasteiger partial charge on any atom is 0.333 e. The Morgan fingerprint density at radius 2 is 1.55 bits per heavy atom. The topological polar surface area (TPSA) is 99.1 Å². The van der Waals surface area contributed by atoms with Gasteiger partial charge in [0.15, 0.2) is 0 Å². The summed E-state index contributed by atoms with van der Waals surface area (Å²) in [7, 11) is 0. The van der Waals surface area contributed by atoms with Crippen molar-refractivity contribution in [3.8, 4) is 0 Å². The first-order valence-corrected chi connectivity index (χ1v) is 7.21. The number of carbonyl (C=O) groups excluding carboxylic acids is 2. The second-order valence-electron chi connectivity index (χ2n) is 4.73. The van der Waals surface area contributed by atoms with Crippen molar-refractivity contribution in [1.82, 2.24) is 0 Å². The molecule has 1 N–H and O–H groups in total. The molecule has 0 heterocycles. The summed E-state index contributed by atoms with van der Waals surface area (Å²) in [5.74, 6) is -2.31. The fraction of sp³-hybridized carbons (Fsp3) is 0.667. The van der Waals surface area contributed by atoms with Crippen molar-refractivity contribution >= 4 is 17.9 Å². The minimum absolute atomic E-state index is 0.214. The third-order valence-corrected chi connectivity index (χ3v) is 2.55. The molecule has 0 fully saturated rings. The minimum atomic E-state index is -1.18. The second-order valence-corrected chi connectivity index (χ2v) is 4.73. The van der Waals surface area contributed by atoms with Crippen LogP contribution in [0.2, 0.25) is 0 Å². The van der Waals surface area contributed by atoms with E-state index in [1.807, 2.05) is 0 Å². The Morgan fingerprint density at radius 1 is 0.909 bits per heavy atom. The van der Waals surface area contributed by atoms with E-state index in [1.54, 1.807) is 6.92 Å². The minimum Gasteiger partial charge on any atom is -0.481 e. The summed E-state index contributed by atoms with van der Waals surface area (Å²) in [6.45, 7) is 6.43. The lowest BCUT2D eigenvalue weighted by atomic mass is 10.2. The number of carboxylic acid groups (broad SMARTS) is 1. The van der Waals surface area contributed by atoms with Crippen LogP contribution >= 0.6 is 0 Å². The first-order chi connectivity index (χ1) is 10.4. The van der Waals surface area contributed by atoms with Gasteiger partial charge in [-0.2, -0.15) is 0 Å². The average molecular weight is 316 g/mol. The number of esters is 2. The molecule has 0 rings (SSSR count). The number of carbonyl (C=O) groups is 3. The van der Waals surface area contributed by atoms with Crippen molar-refractivity contribution in [2.45, 2.75) is 39.0 Å². The summed E-state index contributed by atoms with van der Waals surface area (Å²) in [5.41, 5.74) is 0.365. The molecule has 0 amide bonds. The van der Waals surface area contributed by atoms with Gasteiger partial charge in [-0.15, -0.1) is 0 Å². The number of aliphatic carboxylic acids is 1. The molecule has 0 saturated carbocycles. The Hall–Kier alpha value is -1.89. The predicted molar refractivity (Wildman–Crippen MR) is 78.3 cm³/mol. The van der Waals surface area contributed by atoms with Gasteiger partial charge < -0.3 is 19.3 Å². The largest absolute Gasteiger partial charge is 0.481 e. The van der Waals surface area contributed by atoms with Crippen LogP contribution in [0.1, 0.15) is 39.0 Å². The van der Waals surface area contributed by atoms with Crippen molar-refractivity contribution in [3.05, 3.63) is 12.2 Å². The van der Waals surface area contributed by atoms with Gasteiger partial charge in [-0.3, -0.25) is 9.59 Å². The van der Waals surface area contributed by atoms with E-state index >= 15 is 0 Å². The molecule has 7 nitrogen and oxygen atoms in total. The molecule has 0 aliphatic carbocycles. The van der Waals surface area contributed by atoms with E-state index in [0.29, 0.717) is 25.2 Å². The van der Waals surface area contributed by atoms with Gasteiger partial charge in [0.05, 0.1) is 13.2 Å². The SMILES string of the molecule is C=C(C)C(=O)OCCOCCCCCCOC(=O)CC(=O)O. The zero-order valence-corrected chi connectivity index (χ0v) is 13.0. The number of rotatable bonds is 13. The number of hydrogen-bond acceptors (Lipinski definition) is 6. The van der Waals surface area contributed by atoms with Crippen molar-refractivity contribution in [1.29, 1.82) is 0 Å². The van der Waals surface area contributed by atoms with E-state index in [1.165, 1.54) is 0 Å². The van der Waals surface area contributed by atoms with E-state index in [4.69, 9.17) is 19.3 Å². The lowest BCUT2D eigenvalue weighted by molar-refractivity contribution is -0.151. The lowest BCUT2D eigenvalue weighted by Gasteiger charge is -2.06. The molecule has 0 aliphatic heterocycles. The summed E-state index contributed by atoms with van der Waals surface area (Å²) < 4.78 is 14.9. The third-order valence-electron chi connectivity index (χ3n) is 2.55. The summed E-state index contributed by atoms with van der Waals surface area (Å²) in [6, 6.07) is 0. The highest BCUT2D eigenvalue weighted by Crippen LogP contribution is 2.01. The highest BCUT2D eigenvalue weighted by molar-refractivity contribution is 5.90. The zero-order valence-electron chi connectivity index (χ0n) is 13.0. The Balaban J connectivity index is 3.24. The fourth-order valence-corrected chi connectivity index (χ4v) is 1.44. The van der Waals surface area contributed by atoms with Gasteiger partial charge >= 0.3 is 17.9 Å². The molecule has 0 aromatic heterocycles. The van der Waals surface area contributed by atoms with E-state index in [9.17, 15) is 14.4 Å². The van der Waals surface area contributed by atoms with Crippen molar-refractivity contribution in [3.63, 3.8) is 0 Å². The highest BCUT2D eigenvalue weighted by atomic mass is 16.6.